The van der Waals surface area contributed by atoms with Gasteiger partial charge in [-0.15, -0.1) is 0 Å². The summed E-state index contributed by atoms with van der Waals surface area (Å²) >= 11 is 1.98. The molecule has 1 saturated carbocycles. The highest BCUT2D eigenvalue weighted by atomic mass is 32.2. The van der Waals surface area contributed by atoms with Crippen LogP contribution in [0.1, 0.15) is 56.7 Å². The number of ether oxygens (including phenoxy) is 1. The molecule has 2 N–H and O–H groups in total. The van der Waals surface area contributed by atoms with Crippen molar-refractivity contribution in [2.45, 2.75) is 61.4 Å². The Morgan fingerprint density at radius 3 is 2.67 bits per heavy atom. The van der Waals surface area contributed by atoms with Crippen molar-refractivity contribution in [3.8, 4) is 0 Å². The van der Waals surface area contributed by atoms with Gasteiger partial charge in [0.25, 0.3) is 0 Å². The summed E-state index contributed by atoms with van der Waals surface area (Å²) in [5.41, 5.74) is 5.81. The highest BCUT2D eigenvalue weighted by Gasteiger charge is 2.38. The van der Waals surface area contributed by atoms with Gasteiger partial charge in [0.15, 0.2) is 5.82 Å². The minimum atomic E-state index is -0.168. The van der Waals surface area contributed by atoms with Crippen molar-refractivity contribution < 1.29 is 9.26 Å². The number of nitrogens with zero attached hydrogens (tertiary/aromatic N) is 2. The van der Waals surface area contributed by atoms with Crippen LogP contribution in [0.2, 0.25) is 0 Å². The first-order valence-corrected chi connectivity index (χ1v) is 9.10. The van der Waals surface area contributed by atoms with E-state index in [9.17, 15) is 0 Å². The summed E-state index contributed by atoms with van der Waals surface area (Å²) in [6, 6.07) is 0. The van der Waals surface area contributed by atoms with Gasteiger partial charge < -0.3 is 15.0 Å². The van der Waals surface area contributed by atoms with Crippen LogP contribution in [0.3, 0.4) is 0 Å². The molecule has 5 nitrogen and oxygen atoms in total. The summed E-state index contributed by atoms with van der Waals surface area (Å²) in [5.74, 6) is 2.39. The van der Waals surface area contributed by atoms with Gasteiger partial charge >= 0.3 is 0 Å². The Morgan fingerprint density at radius 2 is 1.95 bits per heavy atom. The summed E-state index contributed by atoms with van der Waals surface area (Å²) in [6.07, 6.45) is 8.54. The third-order valence-corrected chi connectivity index (χ3v) is 6.13. The minimum absolute atomic E-state index is 0.168. The van der Waals surface area contributed by atoms with Crippen molar-refractivity contribution in [2.75, 3.05) is 19.8 Å². The number of rotatable bonds is 5. The Bertz CT molecular complexity index is 440. The average Bonchev–Trinajstić information content (AvgIpc) is 3.04. The van der Waals surface area contributed by atoms with Crippen LogP contribution in [0, 0.1) is 0 Å². The third kappa shape index (κ3) is 3.60. The van der Waals surface area contributed by atoms with Gasteiger partial charge in [-0.05, 0) is 25.7 Å². The maximum absolute atomic E-state index is 5.98. The second-order valence-corrected chi connectivity index (χ2v) is 7.47. The predicted molar refractivity (Wildman–Crippen MR) is 83.3 cm³/mol. The predicted octanol–water partition coefficient (Wildman–Crippen LogP) is 2.64. The first-order chi connectivity index (χ1) is 10.3. The SMILES string of the molecule is NCC1(c2nc(CSC3CCCCC3)no2)CCOCC1. The molecule has 6 heteroatoms. The Labute approximate surface area is 130 Å². The molecule has 1 aromatic heterocycles. The van der Waals surface area contributed by atoms with Gasteiger partial charge in [-0.3, -0.25) is 0 Å². The molecular formula is C15H25N3O2S. The van der Waals surface area contributed by atoms with Crippen molar-refractivity contribution in [3.05, 3.63) is 11.7 Å². The number of hydrogen-bond donors (Lipinski definition) is 1. The van der Waals surface area contributed by atoms with Gasteiger partial charge in [0.1, 0.15) is 0 Å². The van der Waals surface area contributed by atoms with Crippen LogP contribution in [0.5, 0.6) is 0 Å². The first-order valence-electron chi connectivity index (χ1n) is 8.05. The van der Waals surface area contributed by atoms with Crippen molar-refractivity contribution in [1.29, 1.82) is 0 Å². The van der Waals surface area contributed by atoms with Gasteiger partial charge in [0, 0.05) is 25.0 Å². The van der Waals surface area contributed by atoms with E-state index in [4.69, 9.17) is 15.0 Å². The smallest absolute Gasteiger partial charge is 0.234 e. The summed E-state index contributed by atoms with van der Waals surface area (Å²) in [7, 11) is 0. The van der Waals surface area contributed by atoms with Crippen LogP contribution >= 0.6 is 11.8 Å². The molecule has 3 rings (SSSR count). The molecule has 0 bridgehead atoms. The van der Waals surface area contributed by atoms with Crippen molar-refractivity contribution in [3.63, 3.8) is 0 Å². The maximum Gasteiger partial charge on any atom is 0.234 e. The van der Waals surface area contributed by atoms with E-state index in [2.05, 4.69) is 10.1 Å². The van der Waals surface area contributed by atoms with E-state index in [1.165, 1.54) is 32.1 Å². The van der Waals surface area contributed by atoms with E-state index in [0.717, 1.165) is 42.9 Å². The summed E-state index contributed by atoms with van der Waals surface area (Å²) < 4.78 is 11.0. The fourth-order valence-electron chi connectivity index (χ4n) is 3.22. The zero-order chi connectivity index (χ0) is 14.5. The van der Waals surface area contributed by atoms with Crippen molar-refractivity contribution >= 4 is 11.8 Å². The second kappa shape index (κ2) is 7.11. The lowest BCUT2D eigenvalue weighted by Gasteiger charge is -2.32. The number of thioether (sulfide) groups is 1. The van der Waals surface area contributed by atoms with Crippen LogP contribution in [-0.4, -0.2) is 35.1 Å². The largest absolute Gasteiger partial charge is 0.381 e. The minimum Gasteiger partial charge on any atom is -0.381 e. The van der Waals surface area contributed by atoms with E-state index < -0.39 is 0 Å². The van der Waals surface area contributed by atoms with Crippen LogP contribution < -0.4 is 5.73 Å². The molecule has 2 aliphatic rings. The van der Waals surface area contributed by atoms with Gasteiger partial charge in [0.2, 0.25) is 5.89 Å². The fraction of sp³-hybridized carbons (Fsp3) is 0.867. The van der Waals surface area contributed by atoms with Gasteiger partial charge in [-0.2, -0.15) is 16.7 Å². The molecule has 1 aromatic rings. The lowest BCUT2D eigenvalue weighted by molar-refractivity contribution is 0.0409. The number of nitrogens with two attached hydrogens (primary N) is 1. The molecule has 118 valence electrons. The lowest BCUT2D eigenvalue weighted by atomic mass is 9.80. The summed E-state index contributed by atoms with van der Waals surface area (Å²) in [6.45, 7) is 2.01. The lowest BCUT2D eigenvalue weighted by Crippen LogP contribution is -2.40. The molecule has 0 unspecified atom stereocenters. The van der Waals surface area contributed by atoms with Gasteiger partial charge in [-0.25, -0.2) is 0 Å². The highest BCUT2D eigenvalue weighted by Crippen LogP contribution is 2.34. The summed E-state index contributed by atoms with van der Waals surface area (Å²) in [5, 5.41) is 4.94. The van der Waals surface area contributed by atoms with E-state index in [-0.39, 0.29) is 5.41 Å². The van der Waals surface area contributed by atoms with Crippen LogP contribution in [0.4, 0.5) is 0 Å². The Hall–Kier alpha value is -0.590. The molecular weight excluding hydrogens is 286 g/mol. The fourth-order valence-corrected chi connectivity index (χ4v) is 4.39. The molecule has 0 amide bonds. The maximum atomic E-state index is 5.98. The van der Waals surface area contributed by atoms with E-state index in [0.29, 0.717) is 12.4 Å². The van der Waals surface area contributed by atoms with E-state index >= 15 is 0 Å². The highest BCUT2D eigenvalue weighted by molar-refractivity contribution is 7.99. The average molecular weight is 311 g/mol. The first kappa shape index (κ1) is 15.3. The van der Waals surface area contributed by atoms with Crippen molar-refractivity contribution in [1.82, 2.24) is 10.1 Å². The summed E-state index contributed by atoms with van der Waals surface area (Å²) in [4.78, 5) is 4.63. The molecule has 2 heterocycles. The molecule has 0 radical (unpaired) electrons. The zero-order valence-corrected chi connectivity index (χ0v) is 13.4. The molecule has 1 aliphatic heterocycles. The van der Waals surface area contributed by atoms with Crippen LogP contribution in [0.25, 0.3) is 0 Å². The van der Waals surface area contributed by atoms with E-state index in [1.54, 1.807) is 0 Å². The normalized spacial score (nSPS) is 23.3. The van der Waals surface area contributed by atoms with Crippen LogP contribution in [0.15, 0.2) is 4.52 Å². The number of aromatic nitrogens is 2. The molecule has 2 fully saturated rings. The molecule has 1 aliphatic carbocycles. The molecule has 0 atom stereocenters. The topological polar surface area (TPSA) is 74.2 Å². The zero-order valence-electron chi connectivity index (χ0n) is 12.6. The van der Waals surface area contributed by atoms with Crippen LogP contribution in [-0.2, 0) is 15.9 Å². The van der Waals surface area contributed by atoms with Gasteiger partial charge in [-0.1, -0.05) is 24.4 Å². The second-order valence-electron chi connectivity index (χ2n) is 6.18. The Balaban J connectivity index is 1.59. The molecule has 21 heavy (non-hydrogen) atoms. The van der Waals surface area contributed by atoms with Gasteiger partial charge in [0.05, 0.1) is 11.2 Å². The molecule has 1 saturated heterocycles. The number of hydrogen-bond acceptors (Lipinski definition) is 6. The Morgan fingerprint density at radius 1 is 1.19 bits per heavy atom. The third-order valence-electron chi connectivity index (χ3n) is 4.76. The Kier molecular flexibility index (Phi) is 5.19. The quantitative estimate of drug-likeness (QED) is 0.901. The molecule has 0 spiro atoms. The van der Waals surface area contributed by atoms with E-state index in [1.807, 2.05) is 11.8 Å². The monoisotopic (exact) mass is 311 g/mol. The standard InChI is InChI=1S/C15H25N3O2S/c16-11-15(6-8-19-9-7-15)14-17-13(18-20-14)10-21-12-4-2-1-3-5-12/h12H,1-11,16H2. The van der Waals surface area contributed by atoms with Crippen molar-refractivity contribution in [2.24, 2.45) is 5.73 Å². The molecule has 0 aromatic carbocycles.